The monoisotopic (exact) mass is 308 g/mol. The van der Waals surface area contributed by atoms with Gasteiger partial charge in [-0.05, 0) is 26.3 Å². The van der Waals surface area contributed by atoms with E-state index < -0.39 is 6.04 Å². The first-order valence-electron chi connectivity index (χ1n) is 7.40. The molecule has 0 saturated heterocycles. The van der Waals surface area contributed by atoms with Gasteiger partial charge in [0.05, 0.1) is 17.4 Å². The third kappa shape index (κ3) is 2.75. The van der Waals surface area contributed by atoms with Crippen molar-refractivity contribution in [2.75, 3.05) is 7.11 Å². The molecule has 1 heterocycles. The average Bonchev–Trinajstić information content (AvgIpc) is 3.00. The average molecular weight is 308 g/mol. The van der Waals surface area contributed by atoms with Crippen molar-refractivity contribution in [3.05, 3.63) is 24.2 Å². The van der Waals surface area contributed by atoms with Gasteiger partial charge in [0.25, 0.3) is 5.91 Å². The number of hydrogen-bond donors (Lipinski definition) is 2. The number of carbonyl (C=O) groups excluding carboxylic acids is 2. The van der Waals surface area contributed by atoms with Crippen LogP contribution in [-0.4, -0.2) is 36.6 Å². The summed E-state index contributed by atoms with van der Waals surface area (Å²) in [6, 6.07) is 0.963. The molecule has 1 aliphatic rings. The van der Waals surface area contributed by atoms with E-state index in [1.54, 1.807) is 20.1 Å². The van der Waals surface area contributed by atoms with Crippen molar-refractivity contribution < 1.29 is 18.7 Å². The minimum Gasteiger partial charge on any atom is -0.472 e. The highest BCUT2D eigenvalue weighted by Crippen LogP contribution is 2.51. The highest BCUT2D eigenvalue weighted by Gasteiger charge is 2.58. The topological polar surface area (TPSA) is 80.6 Å². The first-order valence-corrected chi connectivity index (χ1v) is 7.40. The van der Waals surface area contributed by atoms with E-state index in [1.165, 1.54) is 12.5 Å². The number of rotatable bonds is 5. The van der Waals surface area contributed by atoms with Crippen LogP contribution in [0.5, 0.6) is 0 Å². The number of furan rings is 1. The van der Waals surface area contributed by atoms with E-state index in [0.717, 1.165) is 6.42 Å². The SMILES string of the molecule is COC1(C)CC(NC(=O)C(C)NC(=O)c2ccoc2)C1(C)C. The molecule has 2 amide bonds. The molecule has 1 aliphatic carbocycles. The van der Waals surface area contributed by atoms with Crippen LogP contribution in [0.1, 0.15) is 44.5 Å². The molecule has 22 heavy (non-hydrogen) atoms. The van der Waals surface area contributed by atoms with Gasteiger partial charge in [0.2, 0.25) is 5.91 Å². The van der Waals surface area contributed by atoms with E-state index in [4.69, 9.17) is 9.15 Å². The number of methoxy groups -OCH3 is 1. The second-order valence-electron chi connectivity index (χ2n) is 6.63. The number of amides is 2. The Morgan fingerprint density at radius 3 is 2.59 bits per heavy atom. The van der Waals surface area contributed by atoms with E-state index in [0.29, 0.717) is 5.56 Å². The van der Waals surface area contributed by atoms with Crippen molar-refractivity contribution in [3.8, 4) is 0 Å². The molecule has 1 aromatic heterocycles. The molecule has 1 aromatic rings. The maximum absolute atomic E-state index is 12.2. The molecule has 1 fully saturated rings. The van der Waals surface area contributed by atoms with Gasteiger partial charge < -0.3 is 19.8 Å². The van der Waals surface area contributed by atoms with Crippen molar-refractivity contribution in [1.82, 2.24) is 10.6 Å². The number of ether oxygens (including phenoxy) is 1. The van der Waals surface area contributed by atoms with E-state index in [2.05, 4.69) is 24.5 Å². The Labute approximate surface area is 130 Å². The summed E-state index contributed by atoms with van der Waals surface area (Å²) in [5, 5.41) is 5.64. The molecular formula is C16H24N2O4. The van der Waals surface area contributed by atoms with Crippen LogP contribution in [0.2, 0.25) is 0 Å². The Balaban J connectivity index is 1.89. The summed E-state index contributed by atoms with van der Waals surface area (Å²) < 4.78 is 10.4. The fourth-order valence-electron chi connectivity index (χ4n) is 2.76. The molecule has 1 saturated carbocycles. The van der Waals surface area contributed by atoms with Crippen LogP contribution in [0.15, 0.2) is 23.0 Å². The molecular weight excluding hydrogens is 284 g/mol. The normalized spacial score (nSPS) is 27.6. The van der Waals surface area contributed by atoms with Crippen molar-refractivity contribution in [2.45, 2.75) is 51.8 Å². The lowest BCUT2D eigenvalue weighted by atomic mass is 9.56. The summed E-state index contributed by atoms with van der Waals surface area (Å²) in [6.07, 6.45) is 3.52. The zero-order chi connectivity index (χ0) is 16.5. The second kappa shape index (κ2) is 5.76. The third-order valence-electron chi connectivity index (χ3n) is 5.12. The van der Waals surface area contributed by atoms with Gasteiger partial charge in [0.1, 0.15) is 12.3 Å². The van der Waals surface area contributed by atoms with Crippen molar-refractivity contribution in [3.63, 3.8) is 0 Å². The largest absolute Gasteiger partial charge is 0.472 e. The van der Waals surface area contributed by atoms with Crippen molar-refractivity contribution in [1.29, 1.82) is 0 Å². The Morgan fingerprint density at radius 1 is 1.41 bits per heavy atom. The molecule has 0 aromatic carbocycles. The highest BCUT2D eigenvalue weighted by atomic mass is 16.5. The molecule has 6 nitrogen and oxygen atoms in total. The van der Waals surface area contributed by atoms with Gasteiger partial charge in [-0.3, -0.25) is 9.59 Å². The van der Waals surface area contributed by atoms with Gasteiger partial charge in [-0.25, -0.2) is 0 Å². The lowest BCUT2D eigenvalue weighted by molar-refractivity contribution is -0.182. The first-order chi connectivity index (χ1) is 10.2. The molecule has 6 heteroatoms. The van der Waals surface area contributed by atoms with E-state index in [1.807, 2.05) is 6.92 Å². The van der Waals surface area contributed by atoms with Gasteiger partial charge in [-0.2, -0.15) is 0 Å². The summed E-state index contributed by atoms with van der Waals surface area (Å²) in [5.74, 6) is -0.529. The Hall–Kier alpha value is -1.82. The molecule has 0 radical (unpaired) electrons. The van der Waals surface area contributed by atoms with Crippen LogP contribution in [-0.2, 0) is 9.53 Å². The molecule has 0 aliphatic heterocycles. The summed E-state index contributed by atoms with van der Waals surface area (Å²) in [4.78, 5) is 24.1. The van der Waals surface area contributed by atoms with E-state index >= 15 is 0 Å². The van der Waals surface area contributed by atoms with Crippen LogP contribution in [0.3, 0.4) is 0 Å². The van der Waals surface area contributed by atoms with Crippen LogP contribution in [0.25, 0.3) is 0 Å². The summed E-state index contributed by atoms with van der Waals surface area (Å²) in [6.45, 7) is 7.84. The molecule has 2 N–H and O–H groups in total. The van der Waals surface area contributed by atoms with Crippen molar-refractivity contribution >= 4 is 11.8 Å². The summed E-state index contributed by atoms with van der Waals surface area (Å²) in [7, 11) is 1.69. The van der Waals surface area contributed by atoms with E-state index in [-0.39, 0.29) is 28.9 Å². The molecule has 122 valence electrons. The predicted octanol–water partition coefficient (Wildman–Crippen LogP) is 1.72. The minimum absolute atomic E-state index is 0.0261. The van der Waals surface area contributed by atoms with Gasteiger partial charge >= 0.3 is 0 Å². The summed E-state index contributed by atoms with van der Waals surface area (Å²) in [5.41, 5.74) is -0.00417. The van der Waals surface area contributed by atoms with Gasteiger partial charge in [-0.15, -0.1) is 0 Å². The maximum Gasteiger partial charge on any atom is 0.255 e. The van der Waals surface area contributed by atoms with Crippen LogP contribution in [0, 0.1) is 5.41 Å². The predicted molar refractivity (Wildman–Crippen MR) is 81.4 cm³/mol. The standard InChI is InChI=1S/C16H24N2O4/c1-10(17-14(20)11-6-7-22-9-11)13(19)18-12-8-16(4,21-5)15(12,2)3/h6-7,9-10,12H,8H2,1-5H3,(H,17,20)(H,18,19). The van der Waals surface area contributed by atoms with Crippen LogP contribution in [0.4, 0.5) is 0 Å². The Bertz CT molecular complexity index is 553. The lowest BCUT2D eigenvalue weighted by Crippen LogP contribution is -2.69. The van der Waals surface area contributed by atoms with Crippen molar-refractivity contribution in [2.24, 2.45) is 5.41 Å². The van der Waals surface area contributed by atoms with Gasteiger partial charge in [0, 0.05) is 18.6 Å². The number of carbonyl (C=O) groups is 2. The second-order valence-corrected chi connectivity index (χ2v) is 6.63. The molecule has 3 atom stereocenters. The third-order valence-corrected chi connectivity index (χ3v) is 5.12. The summed E-state index contributed by atoms with van der Waals surface area (Å²) >= 11 is 0. The fourth-order valence-corrected chi connectivity index (χ4v) is 2.76. The molecule has 2 rings (SSSR count). The fraction of sp³-hybridized carbons (Fsp3) is 0.625. The molecule has 0 bridgehead atoms. The maximum atomic E-state index is 12.2. The lowest BCUT2D eigenvalue weighted by Gasteiger charge is -2.59. The molecule has 0 spiro atoms. The zero-order valence-corrected chi connectivity index (χ0v) is 13.7. The van der Waals surface area contributed by atoms with Gasteiger partial charge in [-0.1, -0.05) is 13.8 Å². The Morgan fingerprint density at radius 2 is 2.09 bits per heavy atom. The zero-order valence-electron chi connectivity index (χ0n) is 13.7. The number of nitrogens with one attached hydrogen (secondary N) is 2. The Kier molecular flexibility index (Phi) is 4.33. The molecule has 3 unspecified atom stereocenters. The first kappa shape index (κ1) is 16.5. The minimum atomic E-state index is -0.618. The van der Waals surface area contributed by atoms with Crippen LogP contribution >= 0.6 is 0 Å². The highest BCUT2D eigenvalue weighted by molar-refractivity contribution is 5.97. The van der Waals surface area contributed by atoms with E-state index in [9.17, 15) is 9.59 Å². The van der Waals surface area contributed by atoms with Gasteiger partial charge in [0.15, 0.2) is 0 Å². The quantitative estimate of drug-likeness (QED) is 0.868. The van der Waals surface area contributed by atoms with Crippen LogP contribution < -0.4 is 10.6 Å². The number of hydrogen-bond acceptors (Lipinski definition) is 4. The smallest absolute Gasteiger partial charge is 0.255 e.